The molecular formula is C32H34FN3O5. The molecule has 1 aliphatic heterocycles. The maximum absolute atomic E-state index is 14.4. The Balaban J connectivity index is 1.52. The van der Waals surface area contributed by atoms with E-state index >= 15 is 0 Å². The first-order chi connectivity index (χ1) is 19.8. The first-order valence-electron chi connectivity index (χ1n) is 13.7. The number of halogens is 1. The van der Waals surface area contributed by atoms with Crippen molar-refractivity contribution < 1.29 is 23.4 Å². The molecule has 5 rings (SSSR count). The number of likely N-dealkylation sites (tertiary alicyclic amines) is 1. The van der Waals surface area contributed by atoms with Gasteiger partial charge in [0.15, 0.2) is 6.79 Å². The molecule has 0 bridgehead atoms. The monoisotopic (exact) mass is 559 g/mol. The van der Waals surface area contributed by atoms with Gasteiger partial charge in [0.2, 0.25) is 0 Å². The van der Waals surface area contributed by atoms with Crippen molar-refractivity contribution in [3.05, 3.63) is 94.3 Å². The summed E-state index contributed by atoms with van der Waals surface area (Å²) >= 11 is 0. The fraction of sp³-hybridized carbons (Fsp3) is 0.344. The SMILES string of the molecule is COCOc1ccc(F)cc1C(COC(C)=O)n1cnc2ccc(-c3ccc(C4CCN(C)CC4)cc3)cc2c1=O. The first-order valence-corrected chi connectivity index (χ1v) is 13.7. The molecule has 1 saturated heterocycles. The van der Waals surface area contributed by atoms with E-state index in [1.54, 1.807) is 0 Å². The minimum Gasteiger partial charge on any atom is -0.467 e. The molecule has 41 heavy (non-hydrogen) atoms. The summed E-state index contributed by atoms with van der Waals surface area (Å²) in [7, 11) is 3.63. The molecule has 0 spiro atoms. The number of piperidine rings is 1. The second-order valence-corrected chi connectivity index (χ2v) is 10.4. The standard InChI is InChI=1S/C32H34FN3O5/c1-21(37)40-18-30(28-17-26(33)9-11-31(28)41-20-39-3)36-19-34-29-10-8-25(16-27(29)32(36)38)23-6-4-22(5-7-23)24-12-14-35(2)15-13-24/h4-11,16-17,19,24,30H,12-15,18,20H2,1-3H3. The number of hydrogen-bond donors (Lipinski definition) is 0. The molecule has 2 heterocycles. The van der Waals surface area contributed by atoms with Crippen LogP contribution in [0.2, 0.25) is 0 Å². The molecule has 214 valence electrons. The number of esters is 1. The van der Waals surface area contributed by atoms with Gasteiger partial charge in [-0.3, -0.25) is 14.2 Å². The van der Waals surface area contributed by atoms with Crippen LogP contribution in [0.25, 0.3) is 22.0 Å². The second kappa shape index (κ2) is 12.6. The fourth-order valence-corrected chi connectivity index (χ4v) is 5.38. The van der Waals surface area contributed by atoms with E-state index in [1.807, 2.05) is 18.2 Å². The van der Waals surface area contributed by atoms with Gasteiger partial charge in [-0.05, 0) is 85.9 Å². The van der Waals surface area contributed by atoms with Crippen LogP contribution in [0.5, 0.6) is 5.75 Å². The molecule has 0 N–H and O–H groups in total. The molecule has 0 saturated carbocycles. The van der Waals surface area contributed by atoms with Crippen LogP contribution in [-0.4, -0.2) is 61.1 Å². The molecule has 0 radical (unpaired) electrons. The van der Waals surface area contributed by atoms with Gasteiger partial charge in [0.25, 0.3) is 5.56 Å². The van der Waals surface area contributed by atoms with Gasteiger partial charge < -0.3 is 19.1 Å². The molecule has 1 unspecified atom stereocenters. The molecule has 1 fully saturated rings. The van der Waals surface area contributed by atoms with Crippen LogP contribution in [0.3, 0.4) is 0 Å². The zero-order valence-electron chi connectivity index (χ0n) is 23.5. The number of ether oxygens (including phenoxy) is 3. The van der Waals surface area contributed by atoms with Gasteiger partial charge in [-0.25, -0.2) is 9.37 Å². The average molecular weight is 560 g/mol. The van der Waals surface area contributed by atoms with Gasteiger partial charge in [0, 0.05) is 19.6 Å². The van der Waals surface area contributed by atoms with Crippen molar-refractivity contribution in [1.29, 1.82) is 0 Å². The average Bonchev–Trinajstić information content (AvgIpc) is 2.98. The predicted molar refractivity (Wildman–Crippen MR) is 155 cm³/mol. The number of carbonyl (C=O) groups excluding carboxylic acids is 1. The lowest BCUT2D eigenvalue weighted by molar-refractivity contribution is -0.141. The molecule has 4 aromatic rings. The fourth-order valence-electron chi connectivity index (χ4n) is 5.38. The zero-order valence-corrected chi connectivity index (χ0v) is 23.5. The summed E-state index contributed by atoms with van der Waals surface area (Å²) in [5.41, 5.74) is 3.72. The highest BCUT2D eigenvalue weighted by Crippen LogP contribution is 2.32. The van der Waals surface area contributed by atoms with E-state index in [0.717, 1.165) is 37.1 Å². The second-order valence-electron chi connectivity index (χ2n) is 10.4. The minimum absolute atomic E-state index is 0.0796. The number of fused-ring (bicyclic) bond motifs is 1. The summed E-state index contributed by atoms with van der Waals surface area (Å²) in [6.07, 6.45) is 3.68. The van der Waals surface area contributed by atoms with Crippen LogP contribution in [-0.2, 0) is 14.3 Å². The molecule has 9 heteroatoms. The largest absolute Gasteiger partial charge is 0.467 e. The quantitative estimate of drug-likeness (QED) is 0.207. The van der Waals surface area contributed by atoms with Crippen LogP contribution < -0.4 is 10.3 Å². The molecule has 0 amide bonds. The van der Waals surface area contributed by atoms with Crippen molar-refractivity contribution >= 4 is 16.9 Å². The highest BCUT2D eigenvalue weighted by Gasteiger charge is 2.24. The third-order valence-electron chi connectivity index (χ3n) is 7.66. The summed E-state index contributed by atoms with van der Waals surface area (Å²) in [6, 6.07) is 17.2. The van der Waals surface area contributed by atoms with Gasteiger partial charge in [0.1, 0.15) is 24.2 Å². The number of nitrogens with zero attached hydrogens (tertiary/aromatic N) is 3. The Labute approximate surface area is 238 Å². The Hall–Kier alpha value is -4.08. The van der Waals surface area contributed by atoms with E-state index in [2.05, 4.69) is 41.2 Å². The van der Waals surface area contributed by atoms with Gasteiger partial charge in [-0.15, -0.1) is 0 Å². The third-order valence-corrected chi connectivity index (χ3v) is 7.66. The predicted octanol–water partition coefficient (Wildman–Crippen LogP) is 5.15. The first kappa shape index (κ1) is 28.4. The third kappa shape index (κ3) is 6.47. The molecule has 8 nitrogen and oxygen atoms in total. The molecule has 1 aromatic heterocycles. The summed E-state index contributed by atoms with van der Waals surface area (Å²) in [5.74, 6) is -0.192. The van der Waals surface area contributed by atoms with Gasteiger partial charge >= 0.3 is 5.97 Å². The summed E-state index contributed by atoms with van der Waals surface area (Å²) in [4.78, 5) is 32.5. The summed E-state index contributed by atoms with van der Waals surface area (Å²) in [5, 5.41) is 0.396. The number of hydrogen-bond acceptors (Lipinski definition) is 7. The van der Waals surface area contributed by atoms with Crippen molar-refractivity contribution in [3.8, 4) is 16.9 Å². The van der Waals surface area contributed by atoms with Gasteiger partial charge in [0.05, 0.1) is 17.2 Å². The number of benzene rings is 3. The Morgan fingerprint density at radius 2 is 1.78 bits per heavy atom. The Morgan fingerprint density at radius 3 is 2.49 bits per heavy atom. The molecule has 3 aromatic carbocycles. The van der Waals surface area contributed by atoms with Crippen molar-refractivity contribution in [2.24, 2.45) is 0 Å². The lowest BCUT2D eigenvalue weighted by atomic mass is 9.88. The van der Waals surface area contributed by atoms with Crippen LogP contribution >= 0.6 is 0 Å². The normalized spacial score (nSPS) is 15.1. The van der Waals surface area contributed by atoms with Gasteiger partial charge in [-0.2, -0.15) is 0 Å². The van der Waals surface area contributed by atoms with Crippen LogP contribution in [0.4, 0.5) is 4.39 Å². The van der Waals surface area contributed by atoms with E-state index in [9.17, 15) is 14.0 Å². The molecular weight excluding hydrogens is 525 g/mol. The highest BCUT2D eigenvalue weighted by atomic mass is 19.1. The number of methoxy groups -OCH3 is 1. The number of rotatable bonds is 9. The van der Waals surface area contributed by atoms with Crippen molar-refractivity contribution in [2.45, 2.75) is 31.7 Å². The summed E-state index contributed by atoms with van der Waals surface area (Å²) < 4.78 is 31.7. The summed E-state index contributed by atoms with van der Waals surface area (Å²) in [6.45, 7) is 3.18. The lowest BCUT2D eigenvalue weighted by Crippen LogP contribution is -2.30. The Kier molecular flexibility index (Phi) is 8.75. The molecule has 1 aliphatic rings. The van der Waals surface area contributed by atoms with E-state index in [4.69, 9.17) is 14.2 Å². The van der Waals surface area contributed by atoms with Crippen molar-refractivity contribution in [1.82, 2.24) is 14.5 Å². The van der Waals surface area contributed by atoms with E-state index in [1.165, 1.54) is 48.7 Å². The number of aromatic nitrogens is 2. The van der Waals surface area contributed by atoms with Crippen LogP contribution in [0.15, 0.2) is 71.8 Å². The Bertz CT molecular complexity index is 1580. The minimum atomic E-state index is -0.886. The van der Waals surface area contributed by atoms with Crippen molar-refractivity contribution in [2.75, 3.05) is 40.6 Å². The smallest absolute Gasteiger partial charge is 0.302 e. The van der Waals surface area contributed by atoms with E-state index < -0.39 is 17.8 Å². The number of carbonyl (C=O) groups is 1. The maximum atomic E-state index is 14.4. The zero-order chi connectivity index (χ0) is 28.9. The van der Waals surface area contributed by atoms with Crippen molar-refractivity contribution in [3.63, 3.8) is 0 Å². The molecule has 1 atom stereocenters. The highest BCUT2D eigenvalue weighted by molar-refractivity contribution is 5.83. The van der Waals surface area contributed by atoms with E-state index in [-0.39, 0.29) is 19.0 Å². The maximum Gasteiger partial charge on any atom is 0.302 e. The topological polar surface area (TPSA) is 82.9 Å². The van der Waals surface area contributed by atoms with Crippen LogP contribution in [0, 0.1) is 5.82 Å². The van der Waals surface area contributed by atoms with E-state index in [0.29, 0.717) is 28.1 Å². The van der Waals surface area contributed by atoms with Crippen LogP contribution in [0.1, 0.15) is 42.9 Å². The Morgan fingerprint density at radius 1 is 1.05 bits per heavy atom. The molecule has 0 aliphatic carbocycles. The van der Waals surface area contributed by atoms with Gasteiger partial charge in [-0.1, -0.05) is 30.3 Å². The lowest BCUT2D eigenvalue weighted by Gasteiger charge is -2.29.